The van der Waals surface area contributed by atoms with Crippen molar-refractivity contribution in [2.24, 2.45) is 0 Å². The molecule has 7 nitrogen and oxygen atoms in total. The van der Waals surface area contributed by atoms with Gasteiger partial charge in [-0.05, 0) is 30.7 Å². The fourth-order valence-corrected chi connectivity index (χ4v) is 3.33. The van der Waals surface area contributed by atoms with Gasteiger partial charge in [0.2, 0.25) is 0 Å². The topological polar surface area (TPSA) is 101 Å². The Labute approximate surface area is 148 Å². The SMILES string of the molecule is Cc1ncnc2c1ccn2[C@@H]1O[C@@H]([C@H](O)c2ccc(F)cc2)[C@@H](O)[C@H]1O. The Balaban J connectivity index is 1.65. The minimum Gasteiger partial charge on any atom is -0.387 e. The first-order chi connectivity index (χ1) is 12.5. The first kappa shape index (κ1) is 17.0. The average molecular weight is 359 g/mol. The molecule has 4 rings (SSSR count). The van der Waals surface area contributed by atoms with E-state index in [2.05, 4.69) is 9.97 Å². The third kappa shape index (κ3) is 2.67. The fourth-order valence-electron chi connectivity index (χ4n) is 3.33. The number of nitrogens with zero attached hydrogens (tertiary/aromatic N) is 3. The third-order valence-electron chi connectivity index (χ3n) is 4.78. The molecule has 1 aromatic carbocycles. The summed E-state index contributed by atoms with van der Waals surface area (Å²) in [6.45, 7) is 1.84. The molecular formula is C18H18FN3O4. The number of hydrogen-bond acceptors (Lipinski definition) is 6. The van der Waals surface area contributed by atoms with Gasteiger partial charge >= 0.3 is 0 Å². The number of hydrogen-bond donors (Lipinski definition) is 3. The predicted molar refractivity (Wildman–Crippen MR) is 89.5 cm³/mol. The zero-order valence-corrected chi connectivity index (χ0v) is 13.9. The molecule has 5 atom stereocenters. The number of aromatic nitrogens is 3. The lowest BCUT2D eigenvalue weighted by Crippen LogP contribution is -2.34. The van der Waals surface area contributed by atoms with Crippen molar-refractivity contribution in [3.8, 4) is 0 Å². The summed E-state index contributed by atoms with van der Waals surface area (Å²) in [7, 11) is 0. The summed E-state index contributed by atoms with van der Waals surface area (Å²) >= 11 is 0. The summed E-state index contributed by atoms with van der Waals surface area (Å²) in [6.07, 6.45) is -2.68. The summed E-state index contributed by atoms with van der Waals surface area (Å²) in [5.74, 6) is -0.430. The summed E-state index contributed by atoms with van der Waals surface area (Å²) in [5, 5.41) is 32.2. The number of aliphatic hydroxyl groups is 3. The van der Waals surface area contributed by atoms with Crippen LogP contribution in [0, 0.1) is 12.7 Å². The molecule has 2 aromatic heterocycles. The second kappa shape index (κ2) is 6.40. The van der Waals surface area contributed by atoms with E-state index in [0.29, 0.717) is 11.2 Å². The molecule has 8 heteroatoms. The highest BCUT2D eigenvalue weighted by atomic mass is 19.1. The second-order valence-corrected chi connectivity index (χ2v) is 6.39. The molecule has 1 aliphatic heterocycles. The van der Waals surface area contributed by atoms with Crippen LogP contribution in [0.1, 0.15) is 23.6 Å². The second-order valence-electron chi connectivity index (χ2n) is 6.39. The van der Waals surface area contributed by atoms with Gasteiger partial charge in [-0.3, -0.25) is 0 Å². The summed E-state index contributed by atoms with van der Waals surface area (Å²) in [5.41, 5.74) is 1.73. The molecule has 0 amide bonds. The quantitative estimate of drug-likeness (QED) is 0.650. The summed E-state index contributed by atoms with van der Waals surface area (Å²) in [6, 6.07) is 7.06. The van der Waals surface area contributed by atoms with Crippen molar-refractivity contribution in [2.45, 2.75) is 37.6 Å². The van der Waals surface area contributed by atoms with Crippen LogP contribution in [0.2, 0.25) is 0 Å². The molecule has 3 aromatic rings. The van der Waals surface area contributed by atoms with Crippen molar-refractivity contribution in [1.29, 1.82) is 0 Å². The maximum Gasteiger partial charge on any atom is 0.164 e. The number of aryl methyl sites for hydroxylation is 1. The van der Waals surface area contributed by atoms with Crippen molar-refractivity contribution in [1.82, 2.24) is 14.5 Å². The van der Waals surface area contributed by atoms with Gasteiger partial charge in [0.15, 0.2) is 6.23 Å². The van der Waals surface area contributed by atoms with Gasteiger partial charge in [0.1, 0.15) is 42.2 Å². The standard InChI is InChI=1S/C18H18FN3O4/c1-9-12-6-7-22(17(12)21-8-20-9)18-15(25)14(24)16(26-18)13(23)10-2-4-11(19)5-3-10/h2-8,13-16,18,23-25H,1H3/t13-,14+,15-,16+,18-/m1/s1. The van der Waals surface area contributed by atoms with Crippen LogP contribution in [-0.4, -0.2) is 48.2 Å². The van der Waals surface area contributed by atoms with Crippen LogP contribution >= 0.6 is 0 Å². The molecule has 1 aliphatic rings. The van der Waals surface area contributed by atoms with Crippen molar-refractivity contribution in [3.05, 3.63) is 59.9 Å². The number of fused-ring (bicyclic) bond motifs is 1. The van der Waals surface area contributed by atoms with Gasteiger partial charge in [-0.15, -0.1) is 0 Å². The zero-order valence-electron chi connectivity index (χ0n) is 13.9. The fraction of sp³-hybridized carbons (Fsp3) is 0.333. The number of rotatable bonds is 3. The number of aliphatic hydroxyl groups excluding tert-OH is 3. The van der Waals surface area contributed by atoms with E-state index < -0.39 is 36.5 Å². The monoisotopic (exact) mass is 359 g/mol. The Hall–Kier alpha value is -2.39. The van der Waals surface area contributed by atoms with Gasteiger partial charge in [0.25, 0.3) is 0 Å². The van der Waals surface area contributed by atoms with E-state index >= 15 is 0 Å². The minimum absolute atomic E-state index is 0.388. The number of benzene rings is 1. The maximum absolute atomic E-state index is 13.1. The van der Waals surface area contributed by atoms with Gasteiger partial charge in [-0.2, -0.15) is 0 Å². The van der Waals surface area contributed by atoms with Gasteiger partial charge in [-0.25, -0.2) is 14.4 Å². The smallest absolute Gasteiger partial charge is 0.164 e. The molecule has 1 fully saturated rings. The highest BCUT2D eigenvalue weighted by molar-refractivity contribution is 5.78. The average Bonchev–Trinajstić information content (AvgIpc) is 3.18. The van der Waals surface area contributed by atoms with Crippen LogP contribution in [0.3, 0.4) is 0 Å². The maximum atomic E-state index is 13.1. The molecule has 0 bridgehead atoms. The zero-order chi connectivity index (χ0) is 18.4. The molecule has 136 valence electrons. The Morgan fingerprint density at radius 3 is 2.58 bits per heavy atom. The van der Waals surface area contributed by atoms with E-state index in [1.165, 1.54) is 30.6 Å². The molecule has 3 heterocycles. The molecule has 0 unspecified atom stereocenters. The van der Waals surface area contributed by atoms with Gasteiger partial charge in [-0.1, -0.05) is 12.1 Å². The molecule has 0 radical (unpaired) electrons. The first-order valence-corrected chi connectivity index (χ1v) is 8.20. The number of ether oxygens (including phenoxy) is 1. The Bertz CT molecular complexity index is 930. The van der Waals surface area contributed by atoms with Crippen molar-refractivity contribution in [3.63, 3.8) is 0 Å². The molecule has 1 saturated heterocycles. The van der Waals surface area contributed by atoms with E-state index in [-0.39, 0.29) is 0 Å². The van der Waals surface area contributed by atoms with E-state index in [1.54, 1.807) is 16.8 Å². The Morgan fingerprint density at radius 2 is 1.85 bits per heavy atom. The van der Waals surface area contributed by atoms with E-state index in [9.17, 15) is 19.7 Å². The van der Waals surface area contributed by atoms with Crippen LogP contribution in [0.25, 0.3) is 11.0 Å². The number of halogens is 1. The lowest BCUT2D eigenvalue weighted by atomic mass is 9.99. The molecule has 0 aliphatic carbocycles. The summed E-state index contributed by atoms with van der Waals surface area (Å²) < 4.78 is 20.5. The van der Waals surface area contributed by atoms with Crippen LogP contribution < -0.4 is 0 Å². The predicted octanol–water partition coefficient (Wildman–Crippen LogP) is 1.23. The van der Waals surface area contributed by atoms with Crippen molar-refractivity contribution in [2.75, 3.05) is 0 Å². The molecule has 0 saturated carbocycles. The van der Waals surface area contributed by atoms with Crippen LogP contribution in [0.4, 0.5) is 4.39 Å². The molecule has 0 spiro atoms. The summed E-state index contributed by atoms with van der Waals surface area (Å²) in [4.78, 5) is 8.34. The van der Waals surface area contributed by atoms with Crippen LogP contribution in [-0.2, 0) is 4.74 Å². The highest BCUT2D eigenvalue weighted by Crippen LogP contribution is 2.37. The largest absolute Gasteiger partial charge is 0.387 e. The Morgan fingerprint density at radius 1 is 1.12 bits per heavy atom. The lowest BCUT2D eigenvalue weighted by Gasteiger charge is -2.21. The van der Waals surface area contributed by atoms with Gasteiger partial charge in [0, 0.05) is 11.6 Å². The van der Waals surface area contributed by atoms with Gasteiger partial charge in [0.05, 0.1) is 5.69 Å². The lowest BCUT2D eigenvalue weighted by molar-refractivity contribution is -0.0848. The molecule has 3 N–H and O–H groups in total. The third-order valence-corrected chi connectivity index (χ3v) is 4.78. The van der Waals surface area contributed by atoms with Crippen molar-refractivity contribution >= 4 is 11.0 Å². The van der Waals surface area contributed by atoms with Gasteiger partial charge < -0.3 is 24.6 Å². The van der Waals surface area contributed by atoms with Crippen LogP contribution in [0.15, 0.2) is 42.9 Å². The van der Waals surface area contributed by atoms with E-state index in [4.69, 9.17) is 4.74 Å². The molecule has 26 heavy (non-hydrogen) atoms. The highest BCUT2D eigenvalue weighted by Gasteiger charge is 2.47. The normalized spacial score (nSPS) is 27.1. The molecular weight excluding hydrogens is 341 g/mol. The first-order valence-electron chi connectivity index (χ1n) is 8.20. The van der Waals surface area contributed by atoms with E-state index in [1.807, 2.05) is 6.92 Å². The minimum atomic E-state index is -1.32. The van der Waals surface area contributed by atoms with Crippen LogP contribution in [0.5, 0.6) is 0 Å². The van der Waals surface area contributed by atoms with Crippen molar-refractivity contribution < 1.29 is 24.4 Å². The Kier molecular flexibility index (Phi) is 4.20. The van der Waals surface area contributed by atoms with E-state index in [0.717, 1.165) is 11.1 Å².